The fourth-order valence-corrected chi connectivity index (χ4v) is 1.04. The molecule has 0 aliphatic carbocycles. The summed E-state index contributed by atoms with van der Waals surface area (Å²) < 4.78 is 44.4. The Morgan fingerprint density at radius 3 is 2.76 bits per heavy atom. The van der Waals surface area contributed by atoms with Crippen molar-refractivity contribution in [3.8, 4) is 0 Å². The molecule has 1 rings (SSSR count). The summed E-state index contributed by atoms with van der Waals surface area (Å²) in [6.45, 7) is 0.0636. The zero-order valence-electron chi connectivity index (χ0n) is 9.20. The van der Waals surface area contributed by atoms with E-state index in [0.717, 1.165) is 0 Å². The Hall–Kier alpha value is -1.15. The van der Waals surface area contributed by atoms with Crippen molar-refractivity contribution in [1.29, 1.82) is 0 Å². The van der Waals surface area contributed by atoms with Crippen LogP contribution < -0.4 is 0 Å². The van der Waals surface area contributed by atoms with Crippen LogP contribution in [0.2, 0.25) is 0 Å². The molecule has 0 bridgehead atoms. The first-order valence-corrected chi connectivity index (χ1v) is 5.04. The molecule has 5 nitrogen and oxygen atoms in total. The Morgan fingerprint density at radius 1 is 1.47 bits per heavy atom. The number of alkyl halides is 3. The quantitative estimate of drug-likeness (QED) is 0.832. The summed E-state index contributed by atoms with van der Waals surface area (Å²) in [4.78, 5) is 3.79. The van der Waals surface area contributed by atoms with Crippen LogP contribution in [0, 0.1) is 0 Å². The molecule has 8 heteroatoms. The van der Waals surface area contributed by atoms with Gasteiger partial charge in [-0.25, -0.2) is 0 Å². The van der Waals surface area contributed by atoms with Crippen LogP contribution in [-0.4, -0.2) is 34.1 Å². The van der Waals surface area contributed by atoms with Crippen LogP contribution in [-0.2, 0) is 17.8 Å². The second-order valence-corrected chi connectivity index (χ2v) is 3.48. The lowest BCUT2D eigenvalue weighted by Crippen LogP contribution is -2.17. The number of aliphatic hydroxyl groups is 1. The third-order valence-electron chi connectivity index (χ3n) is 1.89. The minimum absolute atomic E-state index is 0.0348. The summed E-state index contributed by atoms with van der Waals surface area (Å²) in [6, 6.07) is 0. The molecule has 0 radical (unpaired) electrons. The van der Waals surface area contributed by atoms with Gasteiger partial charge in [0.25, 0.3) is 0 Å². The predicted octanol–water partition coefficient (Wildman–Crippen LogP) is 1.46. The van der Waals surface area contributed by atoms with Gasteiger partial charge in [0.05, 0.1) is 12.5 Å². The van der Waals surface area contributed by atoms with Crippen molar-refractivity contribution in [3.05, 3.63) is 11.7 Å². The van der Waals surface area contributed by atoms with Gasteiger partial charge in [-0.15, -0.1) is 0 Å². The molecule has 0 amide bonds. The van der Waals surface area contributed by atoms with Crippen molar-refractivity contribution in [3.63, 3.8) is 0 Å². The van der Waals surface area contributed by atoms with Crippen molar-refractivity contribution in [2.75, 3.05) is 6.61 Å². The van der Waals surface area contributed by atoms with Crippen LogP contribution in [0.3, 0.4) is 0 Å². The molecule has 0 aromatic carbocycles. The Labute approximate surface area is 95.6 Å². The van der Waals surface area contributed by atoms with E-state index in [1.54, 1.807) is 6.92 Å². The summed E-state index contributed by atoms with van der Waals surface area (Å²) in [7, 11) is 0. The van der Waals surface area contributed by atoms with Crippen LogP contribution in [0.4, 0.5) is 13.2 Å². The van der Waals surface area contributed by atoms with E-state index in [4.69, 9.17) is 4.52 Å². The van der Waals surface area contributed by atoms with Gasteiger partial charge < -0.3 is 14.4 Å². The third kappa shape index (κ3) is 5.64. The molecule has 1 atom stereocenters. The number of rotatable bonds is 6. The molecular weight excluding hydrogens is 241 g/mol. The molecule has 98 valence electrons. The number of hydrogen-bond acceptors (Lipinski definition) is 5. The molecule has 1 heterocycles. The van der Waals surface area contributed by atoms with E-state index in [1.807, 2.05) is 0 Å². The van der Waals surface area contributed by atoms with Crippen molar-refractivity contribution in [2.24, 2.45) is 0 Å². The van der Waals surface area contributed by atoms with Crippen molar-refractivity contribution < 1.29 is 27.5 Å². The highest BCUT2D eigenvalue weighted by atomic mass is 19.4. The second kappa shape index (κ2) is 5.97. The van der Waals surface area contributed by atoms with E-state index < -0.39 is 18.9 Å². The average Bonchev–Trinajstić information content (AvgIpc) is 2.63. The predicted molar refractivity (Wildman–Crippen MR) is 50.0 cm³/mol. The number of halogens is 3. The highest BCUT2D eigenvalue weighted by molar-refractivity contribution is 4.86. The van der Waals surface area contributed by atoms with E-state index >= 15 is 0 Å². The molecule has 1 aromatic heterocycles. The van der Waals surface area contributed by atoms with Gasteiger partial charge in [0, 0.05) is 0 Å². The summed E-state index contributed by atoms with van der Waals surface area (Å²) in [6.07, 6.45) is -4.25. The number of nitrogens with zero attached hydrogens (tertiary/aromatic N) is 2. The van der Waals surface area contributed by atoms with Crippen LogP contribution in [0.25, 0.3) is 0 Å². The molecule has 0 spiro atoms. The minimum atomic E-state index is -4.37. The lowest BCUT2D eigenvalue weighted by Gasteiger charge is -2.04. The van der Waals surface area contributed by atoms with Crippen LogP contribution >= 0.6 is 0 Å². The van der Waals surface area contributed by atoms with Gasteiger partial charge in [0.2, 0.25) is 5.89 Å². The van der Waals surface area contributed by atoms with Crippen LogP contribution in [0.1, 0.15) is 25.1 Å². The Kier molecular flexibility index (Phi) is 4.88. The number of aliphatic hydroxyl groups excluding tert-OH is 1. The standard InChI is InChI=1S/C9H13F3N2O3/c1-2-6(15)3-8-13-7(14-17-8)4-16-5-9(10,11)12/h6,15H,2-5H2,1H3. The maximum atomic E-state index is 11.8. The number of ether oxygens (including phenoxy) is 1. The summed E-state index contributed by atoms with van der Waals surface area (Å²) in [5.74, 6) is 0.220. The molecule has 0 saturated heterocycles. The highest BCUT2D eigenvalue weighted by Gasteiger charge is 2.27. The molecule has 1 N–H and O–H groups in total. The molecule has 0 saturated carbocycles. The maximum Gasteiger partial charge on any atom is 0.411 e. The smallest absolute Gasteiger partial charge is 0.393 e. The Morgan fingerprint density at radius 2 is 2.18 bits per heavy atom. The van der Waals surface area contributed by atoms with Crippen LogP contribution in [0.15, 0.2) is 4.52 Å². The zero-order chi connectivity index (χ0) is 12.9. The normalized spacial score (nSPS) is 13.9. The molecule has 0 fully saturated rings. The summed E-state index contributed by atoms with van der Waals surface area (Å²) in [5, 5.41) is 12.7. The summed E-state index contributed by atoms with van der Waals surface area (Å²) >= 11 is 0. The first-order valence-electron chi connectivity index (χ1n) is 5.04. The first-order chi connectivity index (χ1) is 7.90. The Balaban J connectivity index is 2.36. The number of aromatic nitrogens is 2. The minimum Gasteiger partial charge on any atom is -0.393 e. The van der Waals surface area contributed by atoms with Gasteiger partial charge in [-0.1, -0.05) is 12.1 Å². The summed E-state index contributed by atoms with van der Waals surface area (Å²) in [5.41, 5.74) is 0. The molecular formula is C9H13F3N2O3. The second-order valence-electron chi connectivity index (χ2n) is 3.48. The largest absolute Gasteiger partial charge is 0.411 e. The molecule has 1 aromatic rings. The molecule has 0 aliphatic rings. The van der Waals surface area contributed by atoms with E-state index in [0.29, 0.717) is 6.42 Å². The topological polar surface area (TPSA) is 68.4 Å². The van der Waals surface area contributed by atoms with Gasteiger partial charge >= 0.3 is 6.18 Å². The van der Waals surface area contributed by atoms with Crippen molar-refractivity contribution >= 4 is 0 Å². The molecule has 17 heavy (non-hydrogen) atoms. The maximum absolute atomic E-state index is 11.8. The molecule has 0 aliphatic heterocycles. The lowest BCUT2D eigenvalue weighted by molar-refractivity contribution is -0.177. The van der Waals surface area contributed by atoms with E-state index in [-0.39, 0.29) is 24.7 Å². The fraction of sp³-hybridized carbons (Fsp3) is 0.778. The van der Waals surface area contributed by atoms with E-state index in [2.05, 4.69) is 14.9 Å². The van der Waals surface area contributed by atoms with E-state index in [9.17, 15) is 18.3 Å². The van der Waals surface area contributed by atoms with Gasteiger partial charge in [-0.2, -0.15) is 18.2 Å². The highest BCUT2D eigenvalue weighted by Crippen LogP contribution is 2.15. The van der Waals surface area contributed by atoms with Gasteiger partial charge in [0.1, 0.15) is 13.2 Å². The fourth-order valence-electron chi connectivity index (χ4n) is 1.04. The van der Waals surface area contributed by atoms with E-state index in [1.165, 1.54) is 0 Å². The number of hydrogen-bond donors (Lipinski definition) is 1. The SMILES string of the molecule is CCC(O)Cc1nc(COCC(F)(F)F)no1. The van der Waals surface area contributed by atoms with Gasteiger partial charge in [0.15, 0.2) is 5.82 Å². The first kappa shape index (κ1) is 13.9. The average molecular weight is 254 g/mol. The lowest BCUT2D eigenvalue weighted by atomic mass is 10.2. The van der Waals surface area contributed by atoms with Gasteiger partial charge in [-0.3, -0.25) is 0 Å². The zero-order valence-corrected chi connectivity index (χ0v) is 9.20. The molecule has 1 unspecified atom stereocenters. The third-order valence-corrected chi connectivity index (χ3v) is 1.89. The van der Waals surface area contributed by atoms with Gasteiger partial charge in [-0.05, 0) is 6.42 Å². The Bertz CT molecular complexity index is 340. The van der Waals surface area contributed by atoms with Crippen LogP contribution in [0.5, 0.6) is 0 Å². The van der Waals surface area contributed by atoms with Crippen molar-refractivity contribution in [1.82, 2.24) is 10.1 Å². The monoisotopic (exact) mass is 254 g/mol. The van der Waals surface area contributed by atoms with Crippen molar-refractivity contribution in [2.45, 2.75) is 38.7 Å².